The first kappa shape index (κ1) is 18.6. The quantitative estimate of drug-likeness (QED) is 0.595. The van der Waals surface area contributed by atoms with Crippen LogP contribution in [0.15, 0.2) is 59.8 Å². The molecule has 0 bridgehead atoms. The lowest BCUT2D eigenvalue weighted by molar-refractivity contribution is 0.0742. The van der Waals surface area contributed by atoms with Gasteiger partial charge in [-0.2, -0.15) is 0 Å². The van der Waals surface area contributed by atoms with E-state index in [1.807, 2.05) is 59.5 Å². The molecule has 1 aliphatic heterocycles. The van der Waals surface area contributed by atoms with Crippen molar-refractivity contribution >= 4 is 24.2 Å². The fraction of sp³-hybridized carbons (Fsp3) is 0.238. The molecule has 7 heteroatoms. The summed E-state index contributed by atoms with van der Waals surface area (Å²) in [5, 5.41) is 9.77. The van der Waals surface area contributed by atoms with Crippen molar-refractivity contribution in [2.24, 2.45) is 0 Å². The highest BCUT2D eigenvalue weighted by molar-refractivity contribution is 7.80. The predicted octanol–water partition coefficient (Wildman–Crippen LogP) is 2.82. The Bertz CT molecular complexity index is 966. The number of benzene rings is 2. The van der Waals surface area contributed by atoms with E-state index in [-0.39, 0.29) is 12.5 Å². The van der Waals surface area contributed by atoms with E-state index in [9.17, 15) is 9.90 Å². The zero-order chi connectivity index (χ0) is 19.5. The Kier molecular flexibility index (Phi) is 5.36. The second-order valence-electron chi connectivity index (χ2n) is 6.76. The van der Waals surface area contributed by atoms with Gasteiger partial charge in [-0.3, -0.25) is 4.79 Å². The number of aliphatic hydroxyl groups is 1. The van der Waals surface area contributed by atoms with Crippen LogP contribution in [0.5, 0.6) is 0 Å². The van der Waals surface area contributed by atoms with Gasteiger partial charge in [-0.25, -0.2) is 4.98 Å². The Labute approximate surface area is 169 Å². The van der Waals surface area contributed by atoms with E-state index in [1.165, 1.54) is 0 Å². The topological polar surface area (TPSA) is 72.5 Å². The van der Waals surface area contributed by atoms with Gasteiger partial charge in [-0.05, 0) is 17.7 Å². The average molecular weight is 395 g/mol. The van der Waals surface area contributed by atoms with Gasteiger partial charge in [0.1, 0.15) is 11.4 Å². The van der Waals surface area contributed by atoms with E-state index >= 15 is 0 Å². The molecule has 0 radical (unpaired) electrons. The Hall–Kier alpha value is -2.77. The molecular formula is C21H22N4O2S. The maximum atomic E-state index is 13.1. The lowest BCUT2D eigenvalue weighted by atomic mass is 10.1. The summed E-state index contributed by atoms with van der Waals surface area (Å²) in [6, 6.07) is 17.5. The third-order valence-electron chi connectivity index (χ3n) is 4.98. The fourth-order valence-corrected chi connectivity index (χ4v) is 3.71. The first-order valence-corrected chi connectivity index (χ1v) is 9.69. The molecular weight excluding hydrogens is 372 g/mol. The number of carbonyl (C=O) groups is 1. The molecule has 6 nitrogen and oxygen atoms in total. The molecule has 1 fully saturated rings. The number of piperazine rings is 1. The highest BCUT2D eigenvalue weighted by Crippen LogP contribution is 2.25. The number of hydrogen-bond donors (Lipinski definition) is 3. The van der Waals surface area contributed by atoms with E-state index in [0.29, 0.717) is 29.6 Å². The van der Waals surface area contributed by atoms with E-state index in [1.54, 1.807) is 0 Å². The summed E-state index contributed by atoms with van der Waals surface area (Å²) in [6.45, 7) is 2.75. The molecule has 0 spiro atoms. The first-order chi connectivity index (χ1) is 13.7. The summed E-state index contributed by atoms with van der Waals surface area (Å²) in [4.78, 5) is 24.6. The number of aromatic nitrogens is 2. The molecule has 144 valence electrons. The Morgan fingerprint density at radius 1 is 1.07 bits per heavy atom. The van der Waals surface area contributed by atoms with Crippen molar-refractivity contribution in [3.05, 3.63) is 65.9 Å². The second kappa shape index (κ2) is 8.08. The number of imidazole rings is 1. The van der Waals surface area contributed by atoms with Gasteiger partial charge in [0.15, 0.2) is 5.16 Å². The Morgan fingerprint density at radius 2 is 1.82 bits per heavy atom. The molecule has 0 unspecified atom stereocenters. The molecule has 28 heavy (non-hydrogen) atoms. The van der Waals surface area contributed by atoms with Crippen molar-refractivity contribution in [2.45, 2.75) is 11.8 Å². The normalized spacial score (nSPS) is 14.4. The number of aromatic amines is 1. The fourth-order valence-electron chi connectivity index (χ4n) is 3.50. The van der Waals surface area contributed by atoms with Crippen LogP contribution in [0, 0.1) is 0 Å². The largest absolute Gasteiger partial charge is 0.392 e. The summed E-state index contributed by atoms with van der Waals surface area (Å²) in [6.07, 6.45) is 0. The lowest BCUT2D eigenvalue weighted by Crippen LogP contribution is -2.49. The third kappa shape index (κ3) is 3.76. The zero-order valence-electron chi connectivity index (χ0n) is 15.4. The van der Waals surface area contributed by atoms with Crippen LogP contribution in [-0.4, -0.2) is 52.1 Å². The Balaban J connectivity index is 1.49. The van der Waals surface area contributed by atoms with Crippen LogP contribution in [0.25, 0.3) is 11.3 Å². The number of carbonyl (C=O) groups excluding carboxylic acids is 1. The molecule has 1 saturated heterocycles. The number of rotatable bonds is 4. The number of thiol groups is 1. The van der Waals surface area contributed by atoms with Crippen molar-refractivity contribution in [3.8, 4) is 11.3 Å². The number of aliphatic hydroxyl groups excluding tert-OH is 1. The van der Waals surface area contributed by atoms with Crippen LogP contribution in [0.1, 0.15) is 16.1 Å². The predicted molar refractivity (Wildman–Crippen MR) is 112 cm³/mol. The second-order valence-corrected chi connectivity index (χ2v) is 7.18. The number of nitrogens with zero attached hydrogens (tertiary/aromatic N) is 3. The SMILES string of the molecule is O=C(c1[nH]c(S)nc1-c1ccccc1)N1CCN(c2cccc(CO)c2)CC1. The number of amides is 1. The third-order valence-corrected chi connectivity index (χ3v) is 5.19. The smallest absolute Gasteiger partial charge is 0.272 e. The van der Waals surface area contributed by atoms with Crippen molar-refractivity contribution in [2.75, 3.05) is 31.1 Å². The van der Waals surface area contributed by atoms with Gasteiger partial charge in [0.25, 0.3) is 5.91 Å². The number of anilines is 1. The maximum absolute atomic E-state index is 13.1. The van der Waals surface area contributed by atoms with Crippen LogP contribution in [0.4, 0.5) is 5.69 Å². The van der Waals surface area contributed by atoms with Crippen molar-refractivity contribution < 1.29 is 9.90 Å². The summed E-state index contributed by atoms with van der Waals surface area (Å²) in [5.41, 5.74) is 3.97. The molecule has 3 aromatic rings. The van der Waals surface area contributed by atoms with Crippen molar-refractivity contribution in [1.29, 1.82) is 0 Å². The van der Waals surface area contributed by atoms with Gasteiger partial charge in [0.05, 0.1) is 6.61 Å². The first-order valence-electron chi connectivity index (χ1n) is 9.24. The Morgan fingerprint density at radius 3 is 2.54 bits per heavy atom. The van der Waals surface area contributed by atoms with Crippen LogP contribution in [-0.2, 0) is 6.61 Å². The summed E-state index contributed by atoms with van der Waals surface area (Å²) >= 11 is 4.30. The summed E-state index contributed by atoms with van der Waals surface area (Å²) in [7, 11) is 0. The average Bonchev–Trinajstić information content (AvgIpc) is 3.15. The number of hydrogen-bond acceptors (Lipinski definition) is 5. The molecule has 1 amide bonds. The highest BCUT2D eigenvalue weighted by atomic mass is 32.1. The minimum Gasteiger partial charge on any atom is -0.392 e. The summed E-state index contributed by atoms with van der Waals surface area (Å²) < 4.78 is 0. The standard InChI is InChI=1S/C21H22N4O2S/c26-14-15-5-4-8-17(13-15)24-9-11-25(12-10-24)20(27)19-18(22-21(28)23-19)16-6-2-1-3-7-16/h1-8,13,26H,9-12,14H2,(H2,22,23,28). The zero-order valence-corrected chi connectivity index (χ0v) is 16.3. The molecule has 0 aliphatic carbocycles. The number of nitrogens with one attached hydrogen (secondary N) is 1. The lowest BCUT2D eigenvalue weighted by Gasteiger charge is -2.36. The van der Waals surface area contributed by atoms with Crippen LogP contribution < -0.4 is 4.90 Å². The van der Waals surface area contributed by atoms with Crippen LogP contribution >= 0.6 is 12.6 Å². The van der Waals surface area contributed by atoms with E-state index in [2.05, 4.69) is 27.5 Å². The molecule has 4 rings (SSSR count). The molecule has 1 aromatic heterocycles. The molecule has 2 heterocycles. The highest BCUT2D eigenvalue weighted by Gasteiger charge is 2.26. The van der Waals surface area contributed by atoms with Crippen molar-refractivity contribution in [3.63, 3.8) is 0 Å². The van der Waals surface area contributed by atoms with Gasteiger partial charge in [0.2, 0.25) is 0 Å². The van der Waals surface area contributed by atoms with Gasteiger partial charge in [-0.15, -0.1) is 12.6 Å². The number of H-pyrrole nitrogens is 1. The molecule has 2 N–H and O–H groups in total. The van der Waals surface area contributed by atoms with Crippen LogP contribution in [0.2, 0.25) is 0 Å². The van der Waals surface area contributed by atoms with E-state index in [4.69, 9.17) is 0 Å². The van der Waals surface area contributed by atoms with Gasteiger partial charge in [0, 0.05) is 37.4 Å². The van der Waals surface area contributed by atoms with Crippen molar-refractivity contribution in [1.82, 2.24) is 14.9 Å². The molecule has 0 saturated carbocycles. The summed E-state index contributed by atoms with van der Waals surface area (Å²) in [5.74, 6) is -0.0598. The van der Waals surface area contributed by atoms with Crippen LogP contribution in [0.3, 0.4) is 0 Å². The van der Waals surface area contributed by atoms with Gasteiger partial charge >= 0.3 is 0 Å². The van der Waals surface area contributed by atoms with E-state index in [0.717, 1.165) is 29.9 Å². The maximum Gasteiger partial charge on any atom is 0.272 e. The minimum absolute atomic E-state index is 0.0282. The molecule has 2 aromatic carbocycles. The van der Waals surface area contributed by atoms with E-state index < -0.39 is 0 Å². The van der Waals surface area contributed by atoms with Gasteiger partial charge in [-0.1, -0.05) is 42.5 Å². The minimum atomic E-state index is -0.0598. The monoisotopic (exact) mass is 394 g/mol. The molecule has 0 atom stereocenters. The molecule has 1 aliphatic rings. The van der Waals surface area contributed by atoms with Gasteiger partial charge < -0.3 is 19.9 Å².